The van der Waals surface area contributed by atoms with Crippen LogP contribution in [0.4, 0.5) is 0 Å². The maximum atomic E-state index is 8.56. The Hall–Kier alpha value is -3.23. The molecule has 0 saturated carbocycles. The molecule has 0 atom stereocenters. The lowest BCUT2D eigenvalue weighted by molar-refractivity contribution is 0.736. The van der Waals surface area contributed by atoms with E-state index in [9.17, 15) is 0 Å². The first-order valence-electron chi connectivity index (χ1n) is 10.1. The fourth-order valence-electron chi connectivity index (χ4n) is 3.08. The Kier molecular flexibility index (Phi) is 7.94. The summed E-state index contributed by atoms with van der Waals surface area (Å²) in [5, 5.41) is 16.2. The number of hydrogen-bond donors (Lipinski definition) is 2. The van der Waals surface area contributed by atoms with Crippen LogP contribution >= 0.6 is 11.3 Å². The van der Waals surface area contributed by atoms with Crippen molar-refractivity contribution in [2.24, 2.45) is 5.10 Å². The summed E-state index contributed by atoms with van der Waals surface area (Å²) in [7, 11) is 1.73. The van der Waals surface area contributed by atoms with Gasteiger partial charge < -0.3 is 5.43 Å². The van der Waals surface area contributed by atoms with E-state index >= 15 is 0 Å². The van der Waals surface area contributed by atoms with Crippen molar-refractivity contribution in [2.75, 3.05) is 7.05 Å². The lowest BCUT2D eigenvalue weighted by atomic mass is 9.97. The fourth-order valence-corrected chi connectivity index (χ4v) is 3.73. The molecule has 0 amide bonds. The van der Waals surface area contributed by atoms with E-state index in [1.165, 1.54) is 5.69 Å². The maximum absolute atomic E-state index is 8.56. The van der Waals surface area contributed by atoms with Crippen molar-refractivity contribution >= 4 is 22.8 Å². The van der Waals surface area contributed by atoms with Gasteiger partial charge in [0.25, 0.3) is 0 Å². The largest absolute Gasteiger partial charge is 0.312 e. The zero-order valence-electron chi connectivity index (χ0n) is 17.4. The van der Waals surface area contributed by atoms with Gasteiger partial charge in [-0.15, -0.1) is 11.3 Å². The minimum Gasteiger partial charge on any atom is -0.312 e. The standard InChI is InChI=1S/C25H26N4S/c1-19-28-23(18-30-19)16-9-4-3-6-11-20-12-10-15-22(17-20)25(29-27-2)24(26)21-13-7-5-8-14-21/h5-8,11-14,17-18,26-27H,3-4,9,16H2,1-2H3/b11-6+,26-24?,29-25-. The number of aromatic nitrogens is 1. The van der Waals surface area contributed by atoms with Crippen molar-refractivity contribution < 1.29 is 0 Å². The van der Waals surface area contributed by atoms with Gasteiger partial charge >= 0.3 is 0 Å². The van der Waals surface area contributed by atoms with E-state index in [-0.39, 0.29) is 0 Å². The number of hydrogen-bond acceptors (Lipinski definition) is 5. The van der Waals surface area contributed by atoms with Crippen LogP contribution in [0.25, 0.3) is 0 Å². The first-order valence-corrected chi connectivity index (χ1v) is 11.0. The second-order valence-corrected chi connectivity index (χ2v) is 7.96. The van der Waals surface area contributed by atoms with Gasteiger partial charge in [-0.2, -0.15) is 5.10 Å². The first-order chi connectivity index (χ1) is 14.7. The Morgan fingerprint density at radius 3 is 2.83 bits per heavy atom. The van der Waals surface area contributed by atoms with Crippen molar-refractivity contribution in [3.05, 3.63) is 98.9 Å². The SMILES string of the molecule is CN/N=C(\C(=N)c1ccccc1)C1=C=C=CC(/C=C/CCCCc2csc(C)n2)=C1. The second-order valence-electron chi connectivity index (χ2n) is 6.90. The number of thiazole rings is 1. The number of allylic oxidation sites excluding steroid dienone is 6. The zero-order chi connectivity index (χ0) is 21.2. The quantitative estimate of drug-likeness (QED) is 0.232. The van der Waals surface area contributed by atoms with Crippen molar-refractivity contribution in [1.82, 2.24) is 10.4 Å². The van der Waals surface area contributed by atoms with E-state index in [2.05, 4.69) is 44.5 Å². The minimum absolute atomic E-state index is 0.355. The Morgan fingerprint density at radius 1 is 1.27 bits per heavy atom. The summed E-state index contributed by atoms with van der Waals surface area (Å²) >= 11 is 1.72. The molecule has 4 nitrogen and oxygen atoms in total. The van der Waals surface area contributed by atoms with Gasteiger partial charge in [0.15, 0.2) is 0 Å². The molecule has 1 heterocycles. The molecule has 0 radical (unpaired) electrons. The van der Waals surface area contributed by atoms with Crippen molar-refractivity contribution in [3.63, 3.8) is 0 Å². The molecule has 30 heavy (non-hydrogen) atoms. The van der Waals surface area contributed by atoms with Crippen LogP contribution in [-0.4, -0.2) is 23.5 Å². The Bertz CT molecular complexity index is 1070. The summed E-state index contributed by atoms with van der Waals surface area (Å²) < 4.78 is 0. The van der Waals surface area contributed by atoms with Crippen LogP contribution in [0, 0.1) is 12.3 Å². The highest BCUT2D eigenvalue weighted by Gasteiger charge is 2.14. The number of aryl methyl sites for hydroxylation is 2. The molecule has 0 unspecified atom stereocenters. The molecule has 2 aromatic rings. The smallest absolute Gasteiger partial charge is 0.124 e. The van der Waals surface area contributed by atoms with Gasteiger partial charge in [-0.1, -0.05) is 53.9 Å². The molecule has 3 rings (SSSR count). The normalized spacial score (nSPS) is 13.5. The van der Waals surface area contributed by atoms with Crippen molar-refractivity contribution in [2.45, 2.75) is 32.6 Å². The summed E-state index contributed by atoms with van der Waals surface area (Å²) in [6.07, 6.45) is 12.5. The molecule has 152 valence electrons. The summed E-state index contributed by atoms with van der Waals surface area (Å²) in [5.74, 6) is 0. The van der Waals surface area contributed by atoms with E-state index in [4.69, 9.17) is 5.41 Å². The van der Waals surface area contributed by atoms with Crippen LogP contribution in [-0.2, 0) is 6.42 Å². The number of benzene rings is 1. The van der Waals surface area contributed by atoms with Crippen LogP contribution in [0.15, 0.2) is 87.7 Å². The van der Waals surface area contributed by atoms with Gasteiger partial charge in [0, 0.05) is 18.0 Å². The predicted molar refractivity (Wildman–Crippen MR) is 127 cm³/mol. The van der Waals surface area contributed by atoms with Crippen LogP contribution in [0.2, 0.25) is 0 Å². The van der Waals surface area contributed by atoms with Crippen LogP contribution in [0.5, 0.6) is 0 Å². The molecular weight excluding hydrogens is 388 g/mol. The molecule has 0 bridgehead atoms. The van der Waals surface area contributed by atoms with Crippen molar-refractivity contribution in [3.8, 4) is 0 Å². The third kappa shape index (κ3) is 6.13. The summed E-state index contributed by atoms with van der Waals surface area (Å²) in [6, 6.07) is 9.60. The Balaban J connectivity index is 1.59. The molecular formula is C25H26N4S. The highest BCUT2D eigenvalue weighted by Crippen LogP contribution is 2.15. The highest BCUT2D eigenvalue weighted by molar-refractivity contribution is 7.09. The molecule has 0 aliphatic heterocycles. The lowest BCUT2D eigenvalue weighted by Gasteiger charge is -2.09. The summed E-state index contributed by atoms with van der Waals surface area (Å²) in [5.41, 5.74) is 13.7. The Morgan fingerprint density at radius 2 is 2.10 bits per heavy atom. The van der Waals surface area contributed by atoms with Crippen LogP contribution < -0.4 is 5.43 Å². The third-order valence-electron chi connectivity index (χ3n) is 4.57. The first kappa shape index (κ1) is 21.5. The van der Waals surface area contributed by atoms with E-state index in [0.717, 1.165) is 47.4 Å². The Labute approximate surface area is 182 Å². The second kappa shape index (κ2) is 11.1. The van der Waals surface area contributed by atoms with E-state index < -0.39 is 0 Å². The molecule has 1 aromatic carbocycles. The number of rotatable bonds is 10. The molecule has 0 fully saturated rings. The lowest BCUT2D eigenvalue weighted by Crippen LogP contribution is -2.19. The minimum atomic E-state index is 0.355. The van der Waals surface area contributed by atoms with Gasteiger partial charge in [0.1, 0.15) is 5.71 Å². The number of nitrogens with one attached hydrogen (secondary N) is 2. The number of unbranched alkanes of at least 4 members (excludes halogenated alkanes) is 2. The zero-order valence-corrected chi connectivity index (χ0v) is 18.2. The van der Waals surface area contributed by atoms with Gasteiger partial charge in [0.05, 0.1) is 22.0 Å². The molecule has 1 aromatic heterocycles. The van der Waals surface area contributed by atoms with E-state index in [1.54, 1.807) is 18.4 Å². The molecule has 0 spiro atoms. The van der Waals surface area contributed by atoms with Gasteiger partial charge in [-0.25, -0.2) is 4.98 Å². The average Bonchev–Trinajstić information content (AvgIpc) is 3.20. The van der Waals surface area contributed by atoms with E-state index in [1.807, 2.05) is 49.4 Å². The van der Waals surface area contributed by atoms with Crippen molar-refractivity contribution in [1.29, 1.82) is 5.41 Å². The third-order valence-corrected chi connectivity index (χ3v) is 5.39. The molecule has 5 heteroatoms. The average molecular weight is 415 g/mol. The van der Waals surface area contributed by atoms with Gasteiger partial charge in [-0.3, -0.25) is 5.41 Å². The van der Waals surface area contributed by atoms with Gasteiger partial charge in [-0.05, 0) is 50.3 Å². The fraction of sp³-hybridized carbons (Fsp3) is 0.240. The monoisotopic (exact) mass is 414 g/mol. The number of hydrazone groups is 1. The topological polar surface area (TPSA) is 61.1 Å². The predicted octanol–water partition coefficient (Wildman–Crippen LogP) is 5.54. The molecule has 1 aliphatic rings. The summed E-state index contributed by atoms with van der Waals surface area (Å²) in [6.45, 7) is 2.05. The highest BCUT2D eigenvalue weighted by atomic mass is 32.1. The van der Waals surface area contributed by atoms with Crippen LogP contribution in [0.1, 0.15) is 35.5 Å². The van der Waals surface area contributed by atoms with Gasteiger partial charge in [0.2, 0.25) is 0 Å². The molecule has 1 aliphatic carbocycles. The maximum Gasteiger partial charge on any atom is 0.124 e. The molecule has 2 N–H and O–H groups in total. The summed E-state index contributed by atoms with van der Waals surface area (Å²) in [4.78, 5) is 4.51. The molecule has 0 saturated heterocycles. The van der Waals surface area contributed by atoms with E-state index in [0.29, 0.717) is 11.4 Å². The number of nitrogens with zero attached hydrogens (tertiary/aromatic N) is 2. The van der Waals surface area contributed by atoms with Crippen LogP contribution in [0.3, 0.4) is 0 Å².